The maximum Gasteiger partial charge on any atom is 0.188 e. The van der Waals surface area contributed by atoms with Crippen molar-refractivity contribution in [2.24, 2.45) is 0 Å². The van der Waals surface area contributed by atoms with Gasteiger partial charge in [0, 0.05) is 38.9 Å². The molecule has 2 aromatic heterocycles. The highest BCUT2D eigenvalue weighted by molar-refractivity contribution is 6.11. The third-order valence-electron chi connectivity index (χ3n) is 13.3. The Morgan fingerprint density at radius 2 is 0.908 bits per heavy atom. The molecule has 0 N–H and O–H groups in total. The molecule has 0 amide bonds. The van der Waals surface area contributed by atoms with Gasteiger partial charge in [-0.3, -0.25) is 0 Å². The van der Waals surface area contributed by atoms with E-state index >= 15 is 0 Å². The molecule has 302 valence electrons. The van der Waals surface area contributed by atoms with Crippen LogP contribution in [0.2, 0.25) is 0 Å². The number of para-hydroxylation sites is 1. The average molecular weight is 829 g/mol. The summed E-state index contributed by atoms with van der Waals surface area (Å²) in [5.41, 5.74) is 16.9. The van der Waals surface area contributed by atoms with E-state index in [2.05, 4.69) is 173 Å². The zero-order valence-electron chi connectivity index (χ0n) is 35.0. The lowest BCUT2D eigenvalue weighted by Gasteiger charge is -2.40. The first-order chi connectivity index (χ1) is 32.2. The summed E-state index contributed by atoms with van der Waals surface area (Å²) in [5.74, 6) is 2.26. The summed E-state index contributed by atoms with van der Waals surface area (Å²) in [6.45, 7) is 7.85. The molecule has 1 spiro atoms. The van der Waals surface area contributed by atoms with E-state index in [1.165, 1.54) is 22.3 Å². The average Bonchev–Trinajstić information content (AvgIpc) is 3.87. The molecule has 5 heteroatoms. The van der Waals surface area contributed by atoms with Crippen molar-refractivity contribution < 1.29 is 4.74 Å². The number of ether oxygens (including phenoxy) is 1. The van der Waals surface area contributed by atoms with Crippen LogP contribution < -0.4 is 4.74 Å². The predicted molar refractivity (Wildman–Crippen MR) is 262 cm³/mol. The van der Waals surface area contributed by atoms with Crippen molar-refractivity contribution in [2.45, 2.75) is 5.41 Å². The van der Waals surface area contributed by atoms with Crippen molar-refractivity contribution in [3.05, 3.63) is 252 Å². The van der Waals surface area contributed by atoms with E-state index in [0.29, 0.717) is 11.5 Å². The van der Waals surface area contributed by atoms with Crippen LogP contribution in [-0.2, 0) is 5.41 Å². The molecule has 13 rings (SSSR count). The molecule has 0 saturated heterocycles. The van der Waals surface area contributed by atoms with Crippen molar-refractivity contribution in [1.82, 2.24) is 14.5 Å². The zero-order valence-corrected chi connectivity index (χ0v) is 35.0. The fourth-order valence-electron chi connectivity index (χ4n) is 10.4. The molecule has 3 heterocycles. The minimum absolute atomic E-state index is 0.618. The molecule has 0 bridgehead atoms. The maximum atomic E-state index is 7.85. The second-order valence-electron chi connectivity index (χ2n) is 16.8. The number of rotatable bonds is 5. The van der Waals surface area contributed by atoms with Crippen molar-refractivity contribution in [1.29, 1.82) is 0 Å². The molecule has 9 aromatic carbocycles. The van der Waals surface area contributed by atoms with Crippen LogP contribution in [-0.4, -0.2) is 14.5 Å². The lowest BCUT2D eigenvalue weighted by molar-refractivity contribution is 0.436. The summed E-state index contributed by atoms with van der Waals surface area (Å²) in [4.78, 5) is 14.3. The van der Waals surface area contributed by atoms with Crippen molar-refractivity contribution >= 4 is 27.5 Å². The normalized spacial score (nSPS) is 12.8. The van der Waals surface area contributed by atoms with Gasteiger partial charge in [0.2, 0.25) is 0 Å². The molecule has 65 heavy (non-hydrogen) atoms. The van der Waals surface area contributed by atoms with Gasteiger partial charge in [-0.05, 0) is 112 Å². The van der Waals surface area contributed by atoms with Gasteiger partial charge >= 0.3 is 0 Å². The van der Waals surface area contributed by atoms with Gasteiger partial charge in [-0.25, -0.2) is 14.8 Å². The van der Waals surface area contributed by atoms with Crippen LogP contribution >= 0.6 is 0 Å². The van der Waals surface area contributed by atoms with Gasteiger partial charge in [0.1, 0.15) is 11.5 Å². The van der Waals surface area contributed by atoms with Crippen LogP contribution in [0.15, 0.2) is 218 Å². The summed E-state index contributed by atoms with van der Waals surface area (Å²) in [6.07, 6.45) is 0. The summed E-state index contributed by atoms with van der Waals surface area (Å²) < 4.78 is 9.29. The fraction of sp³-hybridized carbons (Fsp3) is 0.0167. The van der Waals surface area contributed by atoms with Crippen LogP contribution in [0.25, 0.3) is 88.5 Å². The van der Waals surface area contributed by atoms with Crippen LogP contribution in [0.5, 0.6) is 11.5 Å². The summed E-state index contributed by atoms with van der Waals surface area (Å²) in [7, 11) is 0. The second-order valence-corrected chi connectivity index (χ2v) is 16.8. The first kappa shape index (κ1) is 36.8. The quantitative estimate of drug-likeness (QED) is 0.162. The number of fused-ring (bicyclic) bond motifs is 12. The van der Waals surface area contributed by atoms with E-state index in [0.717, 1.165) is 89.3 Å². The third kappa shape index (κ3) is 5.58. The molecular formula is C60H36N4O. The topological polar surface area (TPSA) is 44.3 Å². The number of hydrogen-bond donors (Lipinski definition) is 0. The van der Waals surface area contributed by atoms with Crippen LogP contribution in [0.1, 0.15) is 22.3 Å². The molecule has 0 unspecified atom stereocenters. The number of benzene rings is 9. The van der Waals surface area contributed by atoms with Crippen molar-refractivity contribution in [3.8, 4) is 73.3 Å². The highest BCUT2D eigenvalue weighted by Crippen LogP contribution is 2.62. The second kappa shape index (κ2) is 14.4. The van der Waals surface area contributed by atoms with Gasteiger partial charge in [0.05, 0.1) is 34.4 Å². The number of nitrogens with zero attached hydrogens (tertiary/aromatic N) is 4. The van der Waals surface area contributed by atoms with Gasteiger partial charge in [0.25, 0.3) is 0 Å². The Kier molecular flexibility index (Phi) is 8.12. The lowest BCUT2D eigenvalue weighted by atomic mass is 9.65. The first-order valence-corrected chi connectivity index (χ1v) is 21.8. The molecule has 1 aliphatic heterocycles. The molecule has 2 aliphatic rings. The fourth-order valence-corrected chi connectivity index (χ4v) is 10.4. The van der Waals surface area contributed by atoms with Gasteiger partial charge < -0.3 is 9.30 Å². The molecule has 0 radical (unpaired) electrons. The number of aromatic nitrogens is 3. The summed E-state index contributed by atoms with van der Waals surface area (Å²) >= 11 is 0. The van der Waals surface area contributed by atoms with Crippen LogP contribution in [0, 0.1) is 6.57 Å². The van der Waals surface area contributed by atoms with Gasteiger partial charge in [-0.15, -0.1) is 0 Å². The zero-order chi connectivity index (χ0) is 43.1. The largest absolute Gasteiger partial charge is 0.457 e. The van der Waals surface area contributed by atoms with Gasteiger partial charge in [0.15, 0.2) is 11.5 Å². The van der Waals surface area contributed by atoms with Crippen LogP contribution in [0.4, 0.5) is 5.69 Å². The minimum Gasteiger partial charge on any atom is -0.457 e. The van der Waals surface area contributed by atoms with E-state index in [1.54, 1.807) is 0 Å². The molecule has 0 atom stereocenters. The number of hydrogen-bond acceptors (Lipinski definition) is 3. The maximum absolute atomic E-state index is 7.85. The Balaban J connectivity index is 1.04. The Morgan fingerprint density at radius 3 is 1.52 bits per heavy atom. The van der Waals surface area contributed by atoms with E-state index in [4.69, 9.17) is 21.3 Å². The predicted octanol–water partition coefficient (Wildman–Crippen LogP) is 15.3. The molecule has 1 aliphatic carbocycles. The lowest BCUT2D eigenvalue weighted by Crippen LogP contribution is -2.32. The highest BCUT2D eigenvalue weighted by atomic mass is 16.5. The molecule has 0 saturated carbocycles. The standard InChI is InChI=1S/C60H36N4O/c1-61-43-28-30-56-48(36-43)47-33-40(25-29-55(47)64(56)44-19-9-4-10-20-44)41-26-31-57-51(34-41)60(49-23-13-11-21-45(49)46-22-12-14-24-50(46)60)52-35-42(27-32-58(52)65-57)59-62-53(38-15-5-2-6-16-38)37-54(63-59)39-17-7-3-8-18-39/h2-37H. The minimum atomic E-state index is -0.723. The third-order valence-corrected chi connectivity index (χ3v) is 13.3. The van der Waals surface area contributed by atoms with E-state index < -0.39 is 5.41 Å². The first-order valence-electron chi connectivity index (χ1n) is 21.8. The Bertz CT molecular complexity index is 3650. The van der Waals surface area contributed by atoms with Gasteiger partial charge in [-0.1, -0.05) is 146 Å². The Labute approximate surface area is 376 Å². The summed E-state index contributed by atoms with van der Waals surface area (Å²) in [6, 6.07) is 76.6. The summed E-state index contributed by atoms with van der Waals surface area (Å²) in [5, 5.41) is 2.14. The van der Waals surface area contributed by atoms with E-state index in [1.807, 2.05) is 54.6 Å². The molecular weight excluding hydrogens is 793 g/mol. The molecule has 5 nitrogen and oxygen atoms in total. The van der Waals surface area contributed by atoms with E-state index in [9.17, 15) is 0 Å². The SMILES string of the molecule is [C-]#[N+]c1ccc2c(c1)c1cc(-c3ccc4c(c3)C3(c5cc(-c6nc(-c7ccccc7)cc(-c7ccccc7)n6)ccc5O4)c4ccccc4-c4ccccc43)ccc1n2-c1ccccc1. The van der Waals surface area contributed by atoms with E-state index in [-0.39, 0.29) is 0 Å². The molecule has 0 fully saturated rings. The smallest absolute Gasteiger partial charge is 0.188 e. The highest BCUT2D eigenvalue weighted by Gasteiger charge is 2.51. The van der Waals surface area contributed by atoms with Crippen LogP contribution in [0.3, 0.4) is 0 Å². The van der Waals surface area contributed by atoms with Gasteiger partial charge in [-0.2, -0.15) is 0 Å². The molecule has 11 aromatic rings. The van der Waals surface area contributed by atoms with Crippen molar-refractivity contribution in [2.75, 3.05) is 0 Å². The Morgan fingerprint density at radius 1 is 0.415 bits per heavy atom. The van der Waals surface area contributed by atoms with Crippen molar-refractivity contribution in [3.63, 3.8) is 0 Å². The monoisotopic (exact) mass is 828 g/mol. The Hall–Kier alpha value is -8.85.